The largest absolute Gasteiger partial charge is 0.329 e. The van der Waals surface area contributed by atoms with E-state index < -0.39 is 5.92 Å². The Kier molecular flexibility index (Phi) is 6.61. The van der Waals surface area contributed by atoms with Gasteiger partial charge in [0.05, 0.1) is 13.1 Å². The van der Waals surface area contributed by atoms with Gasteiger partial charge in [-0.25, -0.2) is 18.7 Å². The minimum absolute atomic E-state index is 0.268. The Hall–Kier alpha value is -1.26. The number of hydrogen-bond donors (Lipinski definition) is 0. The summed E-state index contributed by atoms with van der Waals surface area (Å²) in [5.41, 5.74) is 0.927. The van der Waals surface area contributed by atoms with Crippen molar-refractivity contribution in [3.63, 3.8) is 0 Å². The van der Waals surface area contributed by atoms with Crippen molar-refractivity contribution >= 4 is 5.95 Å². The summed E-state index contributed by atoms with van der Waals surface area (Å²) in [4.78, 5) is 9.35. The summed E-state index contributed by atoms with van der Waals surface area (Å²) in [7, 11) is 0. The normalized spacial score (nSPS) is 15.8. The van der Waals surface area contributed by atoms with E-state index in [0.717, 1.165) is 5.56 Å². The first kappa shape index (κ1) is 15.7. The van der Waals surface area contributed by atoms with E-state index >= 15 is 0 Å². The number of aromatic nitrogens is 2. The molecule has 0 aromatic carbocycles. The molecule has 3 nitrogen and oxygen atoms in total. The molecule has 0 spiro atoms. The van der Waals surface area contributed by atoms with Gasteiger partial charge in [0.2, 0.25) is 5.95 Å². The Balaban J connectivity index is 0.000000581. The maximum absolute atomic E-state index is 12.5. The van der Waals surface area contributed by atoms with Gasteiger partial charge in [-0.15, -0.1) is 0 Å². The molecular weight excluding hydrogens is 224 g/mol. The van der Waals surface area contributed by atoms with Crippen LogP contribution in [-0.2, 0) is 0 Å². The molecule has 0 saturated carbocycles. The maximum Gasteiger partial charge on any atom is 0.282 e. The molecule has 1 aromatic heterocycles. The highest BCUT2D eigenvalue weighted by molar-refractivity contribution is 5.35. The van der Waals surface area contributed by atoms with Crippen LogP contribution in [0.3, 0.4) is 0 Å². The van der Waals surface area contributed by atoms with Crippen LogP contribution in [0.25, 0.3) is 0 Å². The monoisotopic (exact) mass is 245 g/mol. The highest BCUT2D eigenvalue weighted by Crippen LogP contribution is 2.29. The Morgan fingerprint density at radius 3 is 1.82 bits per heavy atom. The summed E-state index contributed by atoms with van der Waals surface area (Å²) in [5.74, 6) is -2.18. The molecule has 1 aliphatic heterocycles. The molecule has 1 fully saturated rings. The summed E-state index contributed by atoms with van der Waals surface area (Å²) < 4.78 is 24.9. The first-order valence-corrected chi connectivity index (χ1v) is 5.98. The zero-order valence-corrected chi connectivity index (χ0v) is 11.2. The van der Waals surface area contributed by atoms with Crippen LogP contribution in [0.15, 0.2) is 12.4 Å². The molecule has 17 heavy (non-hydrogen) atoms. The van der Waals surface area contributed by atoms with Crippen LogP contribution >= 0.6 is 0 Å². The fourth-order valence-corrected chi connectivity index (χ4v) is 1.20. The van der Waals surface area contributed by atoms with Gasteiger partial charge in [0.25, 0.3) is 5.92 Å². The van der Waals surface area contributed by atoms with Gasteiger partial charge in [-0.2, -0.15) is 0 Å². The first-order chi connectivity index (χ1) is 8.07. The number of rotatable bonds is 1. The van der Waals surface area contributed by atoms with Crippen molar-refractivity contribution < 1.29 is 8.78 Å². The van der Waals surface area contributed by atoms with Crippen LogP contribution in [-0.4, -0.2) is 29.0 Å². The number of alkyl halides is 2. The molecule has 0 amide bonds. The van der Waals surface area contributed by atoms with Gasteiger partial charge in [0.15, 0.2) is 0 Å². The van der Waals surface area contributed by atoms with Gasteiger partial charge < -0.3 is 4.90 Å². The van der Waals surface area contributed by atoms with E-state index in [1.54, 1.807) is 12.4 Å². The summed E-state index contributed by atoms with van der Waals surface area (Å²) >= 11 is 0. The molecule has 0 unspecified atom stereocenters. The van der Waals surface area contributed by atoms with E-state index in [-0.39, 0.29) is 13.1 Å². The second-order valence-corrected chi connectivity index (χ2v) is 3.27. The Morgan fingerprint density at radius 1 is 1.06 bits per heavy atom. The smallest absolute Gasteiger partial charge is 0.282 e. The average molecular weight is 245 g/mol. The van der Waals surface area contributed by atoms with Gasteiger partial charge >= 0.3 is 0 Å². The molecule has 5 heteroatoms. The maximum atomic E-state index is 12.5. The van der Waals surface area contributed by atoms with Gasteiger partial charge in [0.1, 0.15) is 0 Å². The molecule has 2 rings (SSSR count). The summed E-state index contributed by atoms with van der Waals surface area (Å²) in [6.45, 7) is 9.32. The van der Waals surface area contributed by atoms with E-state index in [1.165, 1.54) is 4.90 Å². The number of nitrogens with zero attached hydrogens (tertiary/aromatic N) is 3. The van der Waals surface area contributed by atoms with Gasteiger partial charge in [-0.1, -0.05) is 27.7 Å². The van der Waals surface area contributed by atoms with Crippen LogP contribution < -0.4 is 4.90 Å². The lowest BCUT2D eigenvalue weighted by Crippen LogP contribution is -2.57. The standard InChI is InChI=1S/C8H9F2N3.2C2H6/c1-6-2-11-7(12-3-6)13-4-8(9,10)5-13;2*1-2/h2-3H,4-5H2,1H3;2*1-2H3. The fourth-order valence-electron chi connectivity index (χ4n) is 1.20. The Labute approximate surface area is 102 Å². The lowest BCUT2D eigenvalue weighted by Gasteiger charge is -2.38. The van der Waals surface area contributed by atoms with Crippen LogP contribution in [0, 0.1) is 6.92 Å². The fraction of sp³-hybridized carbons (Fsp3) is 0.667. The summed E-state index contributed by atoms with van der Waals surface area (Å²) in [5, 5.41) is 0. The van der Waals surface area contributed by atoms with Gasteiger partial charge in [-0.3, -0.25) is 0 Å². The van der Waals surface area contributed by atoms with E-state index in [2.05, 4.69) is 9.97 Å². The minimum Gasteiger partial charge on any atom is -0.329 e. The van der Waals surface area contributed by atoms with Crippen LogP contribution in [0.5, 0.6) is 0 Å². The SMILES string of the molecule is CC.CC.Cc1cnc(N2CC(F)(F)C2)nc1. The van der Waals surface area contributed by atoms with Crippen molar-refractivity contribution in [3.8, 4) is 0 Å². The number of hydrogen-bond acceptors (Lipinski definition) is 3. The topological polar surface area (TPSA) is 29.0 Å². The van der Waals surface area contributed by atoms with Crippen molar-refractivity contribution in [3.05, 3.63) is 18.0 Å². The zero-order chi connectivity index (χ0) is 13.5. The third-order valence-electron chi connectivity index (χ3n) is 1.89. The second-order valence-electron chi connectivity index (χ2n) is 3.27. The predicted octanol–water partition coefficient (Wildman–Crippen LogP) is 3.29. The summed E-state index contributed by atoms with van der Waals surface area (Å²) in [6.07, 6.45) is 3.25. The van der Waals surface area contributed by atoms with E-state index in [4.69, 9.17) is 0 Å². The highest BCUT2D eigenvalue weighted by Gasteiger charge is 2.44. The average Bonchev–Trinajstić information content (AvgIpc) is 2.32. The van der Waals surface area contributed by atoms with Crippen LogP contribution in [0.2, 0.25) is 0 Å². The molecule has 1 aromatic rings. The van der Waals surface area contributed by atoms with E-state index in [1.807, 2.05) is 34.6 Å². The molecular formula is C12H21F2N3. The number of aryl methyl sites for hydroxylation is 1. The first-order valence-electron chi connectivity index (χ1n) is 5.98. The van der Waals surface area contributed by atoms with E-state index in [0.29, 0.717) is 5.95 Å². The van der Waals surface area contributed by atoms with Crippen LogP contribution in [0.4, 0.5) is 14.7 Å². The number of halogens is 2. The molecule has 0 aliphatic carbocycles. The third kappa shape index (κ3) is 4.63. The van der Waals surface area contributed by atoms with Crippen LogP contribution in [0.1, 0.15) is 33.3 Å². The lowest BCUT2D eigenvalue weighted by molar-refractivity contribution is -0.0271. The molecule has 0 atom stereocenters. The molecule has 0 N–H and O–H groups in total. The van der Waals surface area contributed by atoms with Gasteiger partial charge in [-0.05, 0) is 12.5 Å². The van der Waals surface area contributed by atoms with E-state index in [9.17, 15) is 8.78 Å². The highest BCUT2D eigenvalue weighted by atomic mass is 19.3. The minimum atomic E-state index is -2.56. The quantitative estimate of drug-likeness (QED) is 0.760. The van der Waals surface area contributed by atoms with Gasteiger partial charge in [0, 0.05) is 12.4 Å². The molecule has 98 valence electrons. The molecule has 0 bridgehead atoms. The predicted molar refractivity (Wildman–Crippen MR) is 66.6 cm³/mol. The lowest BCUT2D eigenvalue weighted by atomic mass is 10.2. The van der Waals surface area contributed by atoms with Crippen molar-refractivity contribution in [1.82, 2.24) is 9.97 Å². The van der Waals surface area contributed by atoms with Crippen molar-refractivity contribution in [2.45, 2.75) is 40.5 Å². The van der Waals surface area contributed by atoms with Crippen molar-refractivity contribution in [2.24, 2.45) is 0 Å². The molecule has 0 radical (unpaired) electrons. The van der Waals surface area contributed by atoms with Crippen molar-refractivity contribution in [1.29, 1.82) is 0 Å². The second kappa shape index (κ2) is 7.14. The molecule has 1 aliphatic rings. The summed E-state index contributed by atoms with van der Waals surface area (Å²) in [6, 6.07) is 0. The Morgan fingerprint density at radius 2 is 1.47 bits per heavy atom. The number of anilines is 1. The molecule has 2 heterocycles. The van der Waals surface area contributed by atoms with Crippen molar-refractivity contribution in [2.75, 3.05) is 18.0 Å². The Bertz CT molecular complexity index is 304. The zero-order valence-electron chi connectivity index (χ0n) is 11.2. The third-order valence-corrected chi connectivity index (χ3v) is 1.89. The molecule has 1 saturated heterocycles.